The van der Waals surface area contributed by atoms with Gasteiger partial charge in [-0.15, -0.1) is 0 Å². The molecule has 0 unspecified atom stereocenters. The first-order valence-electron chi connectivity index (χ1n) is 7.03. The van der Waals surface area contributed by atoms with E-state index in [0.717, 1.165) is 5.56 Å². The highest BCUT2D eigenvalue weighted by atomic mass is 16.5. The third-order valence-corrected chi connectivity index (χ3v) is 3.58. The highest BCUT2D eigenvalue weighted by Gasteiger charge is 2.13. The van der Waals surface area contributed by atoms with Gasteiger partial charge in [-0.1, -0.05) is 29.8 Å². The Morgan fingerprint density at radius 1 is 1.14 bits per heavy atom. The van der Waals surface area contributed by atoms with Crippen LogP contribution in [-0.2, 0) is 0 Å². The van der Waals surface area contributed by atoms with Crippen molar-refractivity contribution in [3.05, 3.63) is 64.7 Å². The second-order valence-electron chi connectivity index (χ2n) is 5.29. The Hall–Kier alpha value is -2.29. The summed E-state index contributed by atoms with van der Waals surface area (Å²) in [6.45, 7) is 6.11. The maximum atomic E-state index is 12.3. The van der Waals surface area contributed by atoms with E-state index in [-0.39, 0.29) is 11.9 Å². The SMILES string of the molecule is COc1cccc(C(=O)N[C@@H](C)c2cc(C)ccc2C)c1. The molecular weight excluding hydrogens is 262 g/mol. The van der Waals surface area contributed by atoms with Crippen molar-refractivity contribution in [1.82, 2.24) is 5.32 Å². The van der Waals surface area contributed by atoms with E-state index in [4.69, 9.17) is 4.74 Å². The Morgan fingerprint density at radius 2 is 1.90 bits per heavy atom. The lowest BCUT2D eigenvalue weighted by atomic mass is 9.99. The molecule has 0 heterocycles. The van der Waals surface area contributed by atoms with Crippen LogP contribution in [0.15, 0.2) is 42.5 Å². The van der Waals surface area contributed by atoms with Gasteiger partial charge in [0, 0.05) is 5.56 Å². The Kier molecular flexibility index (Phi) is 4.63. The number of ether oxygens (including phenoxy) is 1. The summed E-state index contributed by atoms with van der Waals surface area (Å²) in [6.07, 6.45) is 0. The molecule has 110 valence electrons. The van der Waals surface area contributed by atoms with Gasteiger partial charge in [0.15, 0.2) is 0 Å². The fourth-order valence-electron chi connectivity index (χ4n) is 2.35. The zero-order valence-corrected chi connectivity index (χ0v) is 12.9. The smallest absolute Gasteiger partial charge is 0.251 e. The first-order valence-corrected chi connectivity index (χ1v) is 7.03. The predicted octanol–water partition coefficient (Wildman–Crippen LogP) is 3.80. The second kappa shape index (κ2) is 6.44. The molecule has 0 bridgehead atoms. The van der Waals surface area contributed by atoms with Crippen LogP contribution in [0.4, 0.5) is 0 Å². The van der Waals surface area contributed by atoms with Gasteiger partial charge in [0.1, 0.15) is 5.75 Å². The van der Waals surface area contributed by atoms with Crippen LogP contribution >= 0.6 is 0 Å². The molecule has 2 rings (SSSR count). The third-order valence-electron chi connectivity index (χ3n) is 3.58. The summed E-state index contributed by atoms with van der Waals surface area (Å²) >= 11 is 0. The van der Waals surface area contributed by atoms with E-state index in [1.165, 1.54) is 11.1 Å². The normalized spacial score (nSPS) is 11.8. The van der Waals surface area contributed by atoms with Gasteiger partial charge in [-0.25, -0.2) is 0 Å². The Morgan fingerprint density at radius 3 is 2.62 bits per heavy atom. The van der Waals surface area contributed by atoms with Gasteiger partial charge in [0.05, 0.1) is 13.2 Å². The quantitative estimate of drug-likeness (QED) is 0.926. The minimum atomic E-state index is -0.0951. The second-order valence-corrected chi connectivity index (χ2v) is 5.29. The molecule has 0 aliphatic rings. The lowest BCUT2D eigenvalue weighted by molar-refractivity contribution is 0.0939. The average Bonchev–Trinajstić information content (AvgIpc) is 2.49. The maximum Gasteiger partial charge on any atom is 0.251 e. The van der Waals surface area contributed by atoms with E-state index in [1.807, 2.05) is 19.1 Å². The average molecular weight is 283 g/mol. The number of carbonyl (C=O) groups excluding carboxylic acids is 1. The molecule has 0 aliphatic heterocycles. The molecule has 3 nitrogen and oxygen atoms in total. The first kappa shape index (κ1) is 15.1. The van der Waals surface area contributed by atoms with Gasteiger partial charge in [-0.2, -0.15) is 0 Å². The number of rotatable bonds is 4. The van der Waals surface area contributed by atoms with E-state index < -0.39 is 0 Å². The van der Waals surface area contributed by atoms with E-state index in [1.54, 1.807) is 19.2 Å². The van der Waals surface area contributed by atoms with Gasteiger partial charge >= 0.3 is 0 Å². The van der Waals surface area contributed by atoms with Crippen molar-refractivity contribution in [2.24, 2.45) is 0 Å². The van der Waals surface area contributed by atoms with Crippen LogP contribution in [0.3, 0.4) is 0 Å². The number of aryl methyl sites for hydroxylation is 2. The highest BCUT2D eigenvalue weighted by Crippen LogP contribution is 2.20. The van der Waals surface area contributed by atoms with Crippen LogP contribution in [0, 0.1) is 13.8 Å². The molecule has 0 saturated carbocycles. The van der Waals surface area contributed by atoms with Crippen LogP contribution < -0.4 is 10.1 Å². The largest absolute Gasteiger partial charge is 0.497 e. The first-order chi connectivity index (χ1) is 10.0. The molecule has 0 radical (unpaired) electrons. The van der Waals surface area contributed by atoms with Crippen molar-refractivity contribution < 1.29 is 9.53 Å². The molecule has 21 heavy (non-hydrogen) atoms. The lowest BCUT2D eigenvalue weighted by Gasteiger charge is -2.17. The molecule has 1 N–H and O–H groups in total. The van der Waals surface area contributed by atoms with Crippen molar-refractivity contribution >= 4 is 5.91 Å². The van der Waals surface area contributed by atoms with Crippen molar-refractivity contribution in [2.45, 2.75) is 26.8 Å². The van der Waals surface area contributed by atoms with Gasteiger partial charge in [-0.05, 0) is 50.1 Å². The molecule has 0 saturated heterocycles. The monoisotopic (exact) mass is 283 g/mol. The van der Waals surface area contributed by atoms with Gasteiger partial charge in [0.25, 0.3) is 5.91 Å². The number of benzene rings is 2. The molecule has 1 atom stereocenters. The van der Waals surface area contributed by atoms with Crippen molar-refractivity contribution in [3.8, 4) is 5.75 Å². The number of hydrogen-bond acceptors (Lipinski definition) is 2. The molecule has 0 aliphatic carbocycles. The Balaban J connectivity index is 2.16. The number of methoxy groups -OCH3 is 1. The minimum absolute atomic E-state index is 0.0383. The molecule has 0 fully saturated rings. The lowest BCUT2D eigenvalue weighted by Crippen LogP contribution is -2.27. The Bertz CT molecular complexity index is 649. The van der Waals surface area contributed by atoms with Crippen LogP contribution in [0.2, 0.25) is 0 Å². The van der Waals surface area contributed by atoms with E-state index in [2.05, 4.69) is 37.4 Å². The molecule has 2 aromatic rings. The van der Waals surface area contributed by atoms with Crippen molar-refractivity contribution in [2.75, 3.05) is 7.11 Å². The summed E-state index contributed by atoms with van der Waals surface area (Å²) in [5, 5.41) is 3.04. The van der Waals surface area contributed by atoms with Crippen molar-refractivity contribution in [1.29, 1.82) is 0 Å². The topological polar surface area (TPSA) is 38.3 Å². The fourth-order valence-corrected chi connectivity index (χ4v) is 2.35. The molecule has 3 heteroatoms. The number of carbonyl (C=O) groups is 1. The summed E-state index contributed by atoms with van der Waals surface area (Å²) in [6, 6.07) is 13.4. The van der Waals surface area contributed by atoms with Crippen LogP contribution in [0.1, 0.15) is 40.0 Å². The zero-order chi connectivity index (χ0) is 15.4. The summed E-state index contributed by atoms with van der Waals surface area (Å²) in [5.41, 5.74) is 4.12. The molecule has 0 aromatic heterocycles. The standard InChI is InChI=1S/C18H21NO2/c1-12-8-9-13(2)17(10-12)14(3)19-18(20)15-6-5-7-16(11-15)21-4/h5-11,14H,1-4H3,(H,19,20)/t14-/m0/s1. The molecule has 2 aromatic carbocycles. The van der Waals surface area contributed by atoms with Crippen LogP contribution in [0.25, 0.3) is 0 Å². The summed E-state index contributed by atoms with van der Waals surface area (Å²) in [5.74, 6) is 0.587. The van der Waals surface area contributed by atoms with Gasteiger partial charge in [0.2, 0.25) is 0 Å². The Labute approximate surface area is 126 Å². The number of nitrogens with one attached hydrogen (secondary N) is 1. The van der Waals surface area contributed by atoms with Crippen LogP contribution in [-0.4, -0.2) is 13.0 Å². The van der Waals surface area contributed by atoms with Gasteiger partial charge in [-0.3, -0.25) is 4.79 Å². The number of amides is 1. The summed E-state index contributed by atoms with van der Waals surface area (Å²) < 4.78 is 5.15. The van der Waals surface area contributed by atoms with E-state index >= 15 is 0 Å². The summed E-state index contributed by atoms with van der Waals surface area (Å²) in [7, 11) is 1.59. The third kappa shape index (κ3) is 3.63. The zero-order valence-electron chi connectivity index (χ0n) is 12.9. The highest BCUT2D eigenvalue weighted by molar-refractivity contribution is 5.94. The molecular formula is C18H21NO2. The molecule has 1 amide bonds. The van der Waals surface area contributed by atoms with Crippen LogP contribution in [0.5, 0.6) is 5.75 Å². The predicted molar refractivity (Wildman–Crippen MR) is 84.8 cm³/mol. The maximum absolute atomic E-state index is 12.3. The van der Waals surface area contributed by atoms with Gasteiger partial charge < -0.3 is 10.1 Å². The summed E-state index contributed by atoms with van der Waals surface area (Å²) in [4.78, 5) is 12.3. The minimum Gasteiger partial charge on any atom is -0.497 e. The number of hydrogen-bond donors (Lipinski definition) is 1. The van der Waals surface area contributed by atoms with E-state index in [0.29, 0.717) is 11.3 Å². The van der Waals surface area contributed by atoms with Crippen molar-refractivity contribution in [3.63, 3.8) is 0 Å². The fraction of sp³-hybridized carbons (Fsp3) is 0.278. The molecule has 0 spiro atoms. The van der Waals surface area contributed by atoms with E-state index in [9.17, 15) is 4.79 Å².